The van der Waals surface area contributed by atoms with Gasteiger partial charge < -0.3 is 4.98 Å². The predicted octanol–water partition coefficient (Wildman–Crippen LogP) is 3.60. The van der Waals surface area contributed by atoms with Crippen molar-refractivity contribution in [2.45, 2.75) is 0 Å². The van der Waals surface area contributed by atoms with Crippen molar-refractivity contribution in [1.82, 2.24) is 10.4 Å². The first kappa shape index (κ1) is 15.9. The number of fused-ring (bicyclic) bond motifs is 1. The summed E-state index contributed by atoms with van der Waals surface area (Å²) in [7, 11) is 0. The summed E-state index contributed by atoms with van der Waals surface area (Å²) in [5, 5.41) is 15.7. The number of nitro benzene ring substituents is 1. The van der Waals surface area contributed by atoms with Gasteiger partial charge in [-0.2, -0.15) is 5.10 Å². The average Bonchev–Trinajstić information content (AvgIpc) is 3.00. The molecule has 0 fully saturated rings. The SMILES string of the molecule is O=C(N/N=C\c1ccc(Br)cc1[N+](=O)[O-])c1cc2ccccc2[nH]1. The number of H-pyrrole nitrogens is 1. The second-order valence-electron chi connectivity index (χ2n) is 4.93. The van der Waals surface area contributed by atoms with Gasteiger partial charge in [0.2, 0.25) is 0 Å². The molecule has 7 nitrogen and oxygen atoms in total. The van der Waals surface area contributed by atoms with Crippen LogP contribution in [0.1, 0.15) is 16.1 Å². The van der Waals surface area contributed by atoms with E-state index in [2.05, 4.69) is 31.4 Å². The molecule has 1 amide bonds. The van der Waals surface area contributed by atoms with Gasteiger partial charge in [-0.3, -0.25) is 14.9 Å². The number of nitrogens with one attached hydrogen (secondary N) is 2. The molecule has 3 rings (SSSR count). The first-order valence-electron chi connectivity index (χ1n) is 6.90. The van der Waals surface area contributed by atoms with Crippen LogP contribution in [0.15, 0.2) is 58.1 Å². The van der Waals surface area contributed by atoms with Crippen molar-refractivity contribution < 1.29 is 9.72 Å². The Bertz CT molecular complexity index is 932. The first-order chi connectivity index (χ1) is 11.5. The van der Waals surface area contributed by atoms with Crippen molar-refractivity contribution in [3.8, 4) is 0 Å². The lowest BCUT2D eigenvalue weighted by Crippen LogP contribution is -2.18. The van der Waals surface area contributed by atoms with Gasteiger partial charge in [0.1, 0.15) is 5.69 Å². The molecule has 0 atom stereocenters. The Morgan fingerprint density at radius 3 is 2.79 bits per heavy atom. The van der Waals surface area contributed by atoms with E-state index in [0.29, 0.717) is 15.7 Å². The third-order valence-corrected chi connectivity index (χ3v) is 3.83. The molecule has 1 aromatic heterocycles. The van der Waals surface area contributed by atoms with E-state index in [9.17, 15) is 14.9 Å². The zero-order chi connectivity index (χ0) is 17.1. The second kappa shape index (κ2) is 6.63. The summed E-state index contributed by atoms with van der Waals surface area (Å²) < 4.78 is 0.591. The number of hydrazone groups is 1. The molecular weight excluding hydrogens is 376 g/mol. The summed E-state index contributed by atoms with van der Waals surface area (Å²) >= 11 is 3.18. The smallest absolute Gasteiger partial charge is 0.287 e. The number of aromatic amines is 1. The molecule has 0 spiro atoms. The Morgan fingerprint density at radius 2 is 2.04 bits per heavy atom. The van der Waals surface area contributed by atoms with E-state index in [1.807, 2.05) is 24.3 Å². The number of nitro groups is 1. The molecule has 0 radical (unpaired) electrons. The molecule has 2 aromatic carbocycles. The number of hydrogen-bond acceptors (Lipinski definition) is 4. The van der Waals surface area contributed by atoms with Crippen LogP contribution in [0.25, 0.3) is 10.9 Å². The molecule has 2 N–H and O–H groups in total. The highest BCUT2D eigenvalue weighted by atomic mass is 79.9. The van der Waals surface area contributed by atoms with Crippen molar-refractivity contribution in [2.75, 3.05) is 0 Å². The number of hydrogen-bond donors (Lipinski definition) is 2. The lowest BCUT2D eigenvalue weighted by Gasteiger charge is -1.99. The lowest BCUT2D eigenvalue weighted by atomic mass is 10.2. The second-order valence-corrected chi connectivity index (χ2v) is 5.85. The number of rotatable bonds is 4. The number of benzene rings is 2. The number of halogens is 1. The molecule has 0 aliphatic heterocycles. The van der Waals surface area contributed by atoms with E-state index >= 15 is 0 Å². The van der Waals surface area contributed by atoms with Gasteiger partial charge in [-0.05, 0) is 24.3 Å². The van der Waals surface area contributed by atoms with Crippen LogP contribution in [0.5, 0.6) is 0 Å². The maximum Gasteiger partial charge on any atom is 0.287 e. The predicted molar refractivity (Wildman–Crippen MR) is 94.2 cm³/mol. The van der Waals surface area contributed by atoms with Crippen LogP contribution in [0.3, 0.4) is 0 Å². The van der Waals surface area contributed by atoms with E-state index in [0.717, 1.165) is 10.9 Å². The molecule has 0 aliphatic carbocycles. The van der Waals surface area contributed by atoms with Crippen molar-refractivity contribution in [2.24, 2.45) is 5.10 Å². The van der Waals surface area contributed by atoms with Crippen LogP contribution >= 0.6 is 15.9 Å². The van der Waals surface area contributed by atoms with Crippen molar-refractivity contribution in [3.63, 3.8) is 0 Å². The number of carbonyl (C=O) groups is 1. The molecule has 8 heteroatoms. The normalized spacial score (nSPS) is 11.0. The van der Waals surface area contributed by atoms with E-state index in [1.165, 1.54) is 12.3 Å². The Morgan fingerprint density at radius 1 is 1.25 bits per heavy atom. The topological polar surface area (TPSA) is 100 Å². The zero-order valence-electron chi connectivity index (χ0n) is 12.2. The molecule has 120 valence electrons. The lowest BCUT2D eigenvalue weighted by molar-refractivity contribution is -0.385. The summed E-state index contributed by atoms with van der Waals surface area (Å²) in [5.41, 5.74) is 3.74. The maximum atomic E-state index is 12.1. The molecule has 0 bridgehead atoms. The average molecular weight is 387 g/mol. The number of carbonyl (C=O) groups excluding carboxylic acids is 1. The Labute approximate surface area is 144 Å². The minimum Gasteiger partial charge on any atom is -0.350 e. The van der Waals surface area contributed by atoms with Crippen LogP contribution in [-0.4, -0.2) is 22.0 Å². The number of amides is 1. The summed E-state index contributed by atoms with van der Waals surface area (Å²) in [6.45, 7) is 0. The highest BCUT2D eigenvalue weighted by Crippen LogP contribution is 2.22. The van der Waals surface area contributed by atoms with Crippen LogP contribution in [0.4, 0.5) is 5.69 Å². The largest absolute Gasteiger partial charge is 0.350 e. The summed E-state index contributed by atoms with van der Waals surface area (Å²) in [5.74, 6) is -0.429. The monoisotopic (exact) mass is 386 g/mol. The standard InChI is InChI=1S/C16H11BrN4O3/c17-12-6-5-11(15(8-12)21(23)24)9-18-20-16(22)14-7-10-3-1-2-4-13(10)19-14/h1-9,19H,(H,20,22)/b18-9-. The van der Waals surface area contributed by atoms with Gasteiger partial charge in [0.05, 0.1) is 16.7 Å². The summed E-state index contributed by atoms with van der Waals surface area (Å²) in [6.07, 6.45) is 1.24. The van der Waals surface area contributed by atoms with Gasteiger partial charge in [0.15, 0.2) is 0 Å². The van der Waals surface area contributed by atoms with Crippen molar-refractivity contribution >= 4 is 44.6 Å². The maximum absolute atomic E-state index is 12.1. The fraction of sp³-hybridized carbons (Fsp3) is 0. The molecule has 0 saturated heterocycles. The van der Waals surface area contributed by atoms with Crippen LogP contribution in [0.2, 0.25) is 0 Å². The number of para-hydroxylation sites is 1. The van der Waals surface area contributed by atoms with Crippen molar-refractivity contribution in [3.05, 3.63) is 74.4 Å². The highest BCUT2D eigenvalue weighted by molar-refractivity contribution is 9.10. The third kappa shape index (κ3) is 3.33. The fourth-order valence-corrected chi connectivity index (χ4v) is 2.55. The van der Waals surface area contributed by atoms with Gasteiger partial charge in [-0.1, -0.05) is 34.1 Å². The number of aromatic nitrogens is 1. The Hall–Kier alpha value is -3.00. The highest BCUT2D eigenvalue weighted by Gasteiger charge is 2.13. The van der Waals surface area contributed by atoms with E-state index in [1.54, 1.807) is 18.2 Å². The van der Waals surface area contributed by atoms with E-state index in [4.69, 9.17) is 0 Å². The molecular formula is C16H11BrN4O3. The number of nitrogens with zero attached hydrogens (tertiary/aromatic N) is 2. The van der Waals surface area contributed by atoms with Gasteiger partial charge in [-0.25, -0.2) is 5.43 Å². The van der Waals surface area contributed by atoms with Crippen LogP contribution < -0.4 is 5.43 Å². The van der Waals surface area contributed by atoms with Crippen LogP contribution in [-0.2, 0) is 0 Å². The molecule has 3 aromatic rings. The van der Waals surface area contributed by atoms with E-state index in [-0.39, 0.29) is 5.69 Å². The first-order valence-corrected chi connectivity index (χ1v) is 7.69. The molecule has 1 heterocycles. The van der Waals surface area contributed by atoms with E-state index < -0.39 is 10.8 Å². The fourth-order valence-electron chi connectivity index (χ4n) is 2.20. The van der Waals surface area contributed by atoms with Gasteiger partial charge in [0, 0.05) is 21.4 Å². The zero-order valence-corrected chi connectivity index (χ0v) is 13.8. The summed E-state index contributed by atoms with van der Waals surface area (Å²) in [6, 6.07) is 13.8. The molecule has 0 saturated carbocycles. The Kier molecular flexibility index (Phi) is 4.39. The minimum absolute atomic E-state index is 0.104. The minimum atomic E-state index is -0.508. The van der Waals surface area contributed by atoms with Crippen LogP contribution in [0, 0.1) is 10.1 Å². The molecule has 0 unspecified atom stereocenters. The quantitative estimate of drug-likeness (QED) is 0.406. The Balaban J connectivity index is 1.76. The van der Waals surface area contributed by atoms with Gasteiger partial charge >= 0.3 is 0 Å². The van der Waals surface area contributed by atoms with Gasteiger partial charge in [0.25, 0.3) is 11.6 Å². The van der Waals surface area contributed by atoms with Gasteiger partial charge in [-0.15, -0.1) is 0 Å². The van der Waals surface area contributed by atoms with Crippen molar-refractivity contribution in [1.29, 1.82) is 0 Å². The molecule has 0 aliphatic rings. The summed E-state index contributed by atoms with van der Waals surface area (Å²) in [4.78, 5) is 25.6. The third-order valence-electron chi connectivity index (χ3n) is 3.33. The molecule has 24 heavy (non-hydrogen) atoms.